The highest BCUT2D eigenvalue weighted by Gasteiger charge is 2.44. The second-order valence-electron chi connectivity index (χ2n) is 6.31. The van der Waals surface area contributed by atoms with Crippen LogP contribution in [0.25, 0.3) is 0 Å². The Kier molecular flexibility index (Phi) is 7.21. The van der Waals surface area contributed by atoms with E-state index in [1.165, 1.54) is 28.4 Å². The molecule has 7 heteroatoms. The van der Waals surface area contributed by atoms with E-state index in [4.69, 9.17) is 0 Å². The summed E-state index contributed by atoms with van der Waals surface area (Å²) < 4.78 is 0. The monoisotopic (exact) mass is 401 g/mol. The molecule has 0 saturated carbocycles. The number of rotatable bonds is 4. The van der Waals surface area contributed by atoms with E-state index in [1.54, 1.807) is 12.4 Å². The Balaban J connectivity index is 0.00000126. The second-order valence-corrected chi connectivity index (χ2v) is 8.38. The number of pyridine rings is 2. The third-order valence-corrected chi connectivity index (χ3v) is 5.56. The van der Waals surface area contributed by atoms with Crippen molar-refractivity contribution in [2.24, 2.45) is 0 Å². The van der Waals surface area contributed by atoms with Crippen LogP contribution in [0.15, 0.2) is 68.7 Å². The standard InChI is InChI=1S/C18H17N3O2S2.C2H6/c1-18(2,3)21-16(22)14(24-12-8-4-6-10-19-12)15(17(21)23)25-13-9-5-7-11-20-13;1-2/h4-11H,1-3H3;1-2H3. The molecule has 0 saturated heterocycles. The van der Waals surface area contributed by atoms with Gasteiger partial charge in [-0.3, -0.25) is 14.5 Å². The van der Waals surface area contributed by atoms with Gasteiger partial charge in [-0.2, -0.15) is 0 Å². The van der Waals surface area contributed by atoms with Crippen molar-refractivity contribution < 1.29 is 9.59 Å². The topological polar surface area (TPSA) is 63.2 Å². The molecule has 2 amide bonds. The third kappa shape index (κ3) is 4.99. The average molecular weight is 402 g/mol. The molecule has 0 atom stereocenters. The van der Waals surface area contributed by atoms with E-state index in [2.05, 4.69) is 9.97 Å². The van der Waals surface area contributed by atoms with Gasteiger partial charge in [0.05, 0.1) is 9.81 Å². The minimum Gasteiger partial charge on any atom is -0.268 e. The van der Waals surface area contributed by atoms with Gasteiger partial charge in [-0.25, -0.2) is 9.97 Å². The lowest BCUT2D eigenvalue weighted by atomic mass is 10.1. The number of aromatic nitrogens is 2. The van der Waals surface area contributed by atoms with Crippen molar-refractivity contribution in [3.05, 3.63) is 58.6 Å². The van der Waals surface area contributed by atoms with E-state index >= 15 is 0 Å². The Labute approximate surface area is 168 Å². The highest BCUT2D eigenvalue weighted by Crippen LogP contribution is 2.43. The molecule has 1 aliphatic rings. The summed E-state index contributed by atoms with van der Waals surface area (Å²) in [4.78, 5) is 36.5. The molecule has 0 radical (unpaired) electrons. The number of amides is 2. The average Bonchev–Trinajstić information content (AvgIpc) is 2.89. The number of hydrogen-bond donors (Lipinski definition) is 0. The fourth-order valence-electron chi connectivity index (χ4n) is 2.30. The predicted octanol–water partition coefficient (Wildman–Crippen LogP) is 4.77. The minimum absolute atomic E-state index is 0.286. The summed E-state index contributed by atoms with van der Waals surface area (Å²) in [6.07, 6.45) is 3.33. The molecule has 0 spiro atoms. The highest BCUT2D eigenvalue weighted by atomic mass is 32.2. The number of carbonyl (C=O) groups is 2. The fraction of sp³-hybridized carbons (Fsp3) is 0.300. The molecule has 0 bridgehead atoms. The first-order valence-corrected chi connectivity index (χ1v) is 10.3. The number of nitrogens with zero attached hydrogens (tertiary/aromatic N) is 3. The number of hydrogen-bond acceptors (Lipinski definition) is 6. The first-order valence-electron chi connectivity index (χ1n) is 8.69. The zero-order chi connectivity index (χ0) is 20.0. The van der Waals surface area contributed by atoms with Crippen LogP contribution in [0.3, 0.4) is 0 Å². The van der Waals surface area contributed by atoms with Gasteiger partial charge in [-0.15, -0.1) is 0 Å². The summed E-state index contributed by atoms with van der Waals surface area (Å²) in [6.45, 7) is 9.54. The van der Waals surface area contributed by atoms with Gasteiger partial charge in [-0.05, 0) is 45.0 Å². The Morgan fingerprint density at radius 1 is 0.778 bits per heavy atom. The van der Waals surface area contributed by atoms with E-state index in [0.717, 1.165) is 0 Å². The van der Waals surface area contributed by atoms with E-state index < -0.39 is 5.54 Å². The van der Waals surface area contributed by atoms with Crippen molar-refractivity contribution in [2.45, 2.75) is 50.2 Å². The molecule has 5 nitrogen and oxygen atoms in total. The Morgan fingerprint density at radius 2 is 1.19 bits per heavy atom. The fourth-order valence-corrected chi connectivity index (χ4v) is 4.21. The third-order valence-electron chi connectivity index (χ3n) is 3.36. The molecule has 0 fully saturated rings. The van der Waals surface area contributed by atoms with Gasteiger partial charge < -0.3 is 0 Å². The second kappa shape index (κ2) is 9.19. The normalized spacial score (nSPS) is 14.3. The molecule has 0 aromatic carbocycles. The van der Waals surface area contributed by atoms with Crippen LogP contribution in [-0.4, -0.2) is 32.2 Å². The largest absolute Gasteiger partial charge is 0.269 e. The van der Waals surface area contributed by atoms with Gasteiger partial charge in [0.25, 0.3) is 11.8 Å². The Hall–Kier alpha value is -2.12. The molecular weight excluding hydrogens is 378 g/mol. The van der Waals surface area contributed by atoms with E-state index in [9.17, 15) is 9.59 Å². The first kappa shape index (κ1) is 21.2. The van der Waals surface area contributed by atoms with Crippen molar-refractivity contribution in [3.63, 3.8) is 0 Å². The number of thioether (sulfide) groups is 2. The zero-order valence-corrected chi connectivity index (χ0v) is 17.7. The van der Waals surface area contributed by atoms with Gasteiger partial charge in [0.1, 0.15) is 10.1 Å². The van der Waals surface area contributed by atoms with Crippen molar-refractivity contribution >= 4 is 35.3 Å². The van der Waals surface area contributed by atoms with Gasteiger partial charge in [0.15, 0.2) is 0 Å². The first-order chi connectivity index (χ1) is 12.9. The summed E-state index contributed by atoms with van der Waals surface area (Å²) in [5, 5.41) is 1.35. The molecule has 142 valence electrons. The lowest BCUT2D eigenvalue weighted by molar-refractivity contribution is -0.142. The van der Waals surface area contributed by atoms with Crippen LogP contribution in [0, 0.1) is 0 Å². The summed E-state index contributed by atoms with van der Waals surface area (Å²) in [5.41, 5.74) is -0.601. The molecule has 3 heterocycles. The number of carbonyl (C=O) groups excluding carboxylic acids is 2. The van der Waals surface area contributed by atoms with Crippen LogP contribution < -0.4 is 0 Å². The number of imide groups is 1. The van der Waals surface area contributed by atoms with Crippen molar-refractivity contribution in [1.82, 2.24) is 14.9 Å². The molecule has 1 aliphatic heterocycles. The Bertz CT molecular complexity index is 768. The quantitative estimate of drug-likeness (QED) is 0.688. The van der Waals surface area contributed by atoms with Crippen LogP contribution in [0.2, 0.25) is 0 Å². The minimum atomic E-state index is -0.601. The van der Waals surface area contributed by atoms with Crippen LogP contribution in [0.5, 0.6) is 0 Å². The van der Waals surface area contributed by atoms with E-state index in [0.29, 0.717) is 19.9 Å². The molecule has 0 unspecified atom stereocenters. The maximum atomic E-state index is 12.9. The van der Waals surface area contributed by atoms with Crippen LogP contribution >= 0.6 is 23.5 Å². The molecular formula is C20H23N3O2S2. The lowest BCUT2D eigenvalue weighted by Gasteiger charge is -2.30. The molecule has 27 heavy (non-hydrogen) atoms. The van der Waals surface area contributed by atoms with Crippen LogP contribution in [0.4, 0.5) is 0 Å². The van der Waals surface area contributed by atoms with Gasteiger partial charge in [0, 0.05) is 17.9 Å². The van der Waals surface area contributed by atoms with E-state index in [1.807, 2.05) is 71.0 Å². The molecule has 2 aromatic heterocycles. The summed E-state index contributed by atoms with van der Waals surface area (Å²) in [6, 6.07) is 11.0. The van der Waals surface area contributed by atoms with Crippen molar-refractivity contribution in [1.29, 1.82) is 0 Å². The molecule has 0 N–H and O–H groups in total. The summed E-state index contributed by atoms with van der Waals surface area (Å²) in [7, 11) is 0. The lowest BCUT2D eigenvalue weighted by Crippen LogP contribution is -2.46. The maximum absolute atomic E-state index is 12.9. The van der Waals surface area contributed by atoms with Gasteiger partial charge >= 0.3 is 0 Å². The SMILES string of the molecule is CC.CC(C)(C)N1C(=O)C(Sc2ccccn2)=C(Sc2ccccn2)C1=O. The summed E-state index contributed by atoms with van der Waals surface area (Å²) in [5.74, 6) is -0.571. The molecule has 2 aromatic rings. The molecule has 0 aliphatic carbocycles. The van der Waals surface area contributed by atoms with Gasteiger partial charge in [0.2, 0.25) is 0 Å². The zero-order valence-electron chi connectivity index (χ0n) is 16.1. The predicted molar refractivity (Wildman–Crippen MR) is 110 cm³/mol. The highest BCUT2D eigenvalue weighted by molar-refractivity contribution is 8.08. The summed E-state index contributed by atoms with van der Waals surface area (Å²) >= 11 is 2.44. The smallest absolute Gasteiger partial charge is 0.268 e. The van der Waals surface area contributed by atoms with Crippen LogP contribution in [-0.2, 0) is 9.59 Å². The van der Waals surface area contributed by atoms with Crippen LogP contribution in [0.1, 0.15) is 34.6 Å². The Morgan fingerprint density at radius 3 is 1.48 bits per heavy atom. The van der Waals surface area contributed by atoms with Crippen molar-refractivity contribution in [2.75, 3.05) is 0 Å². The van der Waals surface area contributed by atoms with Gasteiger partial charge in [-0.1, -0.05) is 49.5 Å². The maximum Gasteiger partial charge on any atom is 0.269 e. The molecule has 3 rings (SSSR count). The van der Waals surface area contributed by atoms with E-state index in [-0.39, 0.29) is 11.8 Å². The van der Waals surface area contributed by atoms with Crippen molar-refractivity contribution in [3.8, 4) is 0 Å².